The summed E-state index contributed by atoms with van der Waals surface area (Å²) in [6.45, 7) is 0. The number of nitrogens with one attached hydrogen (secondary N) is 1. The molecule has 4 heteroatoms. The number of benzene rings is 5. The van der Waals surface area contributed by atoms with Crippen molar-refractivity contribution in [3.05, 3.63) is 144 Å². The Morgan fingerprint density at radius 2 is 1.43 bits per heavy atom. The Balaban J connectivity index is 1.29. The molecule has 5 aromatic carbocycles. The van der Waals surface area contributed by atoms with E-state index in [1.54, 1.807) is 0 Å². The van der Waals surface area contributed by atoms with E-state index in [4.69, 9.17) is 0 Å². The molecule has 0 saturated carbocycles. The van der Waals surface area contributed by atoms with Crippen molar-refractivity contribution < 1.29 is 0 Å². The summed E-state index contributed by atoms with van der Waals surface area (Å²) in [5.74, 6) is 1.18. The summed E-state index contributed by atoms with van der Waals surface area (Å²) >= 11 is 0. The molecule has 11 rings (SSSR count). The minimum atomic E-state index is 0.254. The minimum absolute atomic E-state index is 0.254. The third-order valence-corrected chi connectivity index (χ3v) is 11.5. The highest BCUT2D eigenvalue weighted by atomic mass is 15.3. The number of fused-ring (bicyclic) bond motifs is 12. The number of likely N-dealkylation sites (N-methyl/N-ethyl adjacent to an activating group) is 1. The molecule has 2 aliphatic carbocycles. The number of aromatic nitrogens is 2. The third-order valence-electron chi connectivity index (χ3n) is 11.5. The van der Waals surface area contributed by atoms with Gasteiger partial charge in [-0.1, -0.05) is 115 Å². The maximum absolute atomic E-state index is 4.13. The molecule has 4 nitrogen and oxygen atoms in total. The first-order valence-corrected chi connectivity index (χ1v) is 17.7. The molecule has 1 N–H and O–H groups in total. The van der Waals surface area contributed by atoms with Crippen molar-refractivity contribution in [3.8, 4) is 27.9 Å². The van der Waals surface area contributed by atoms with Crippen LogP contribution in [0.25, 0.3) is 78.2 Å². The van der Waals surface area contributed by atoms with Crippen LogP contribution >= 0.6 is 0 Å². The zero-order valence-electron chi connectivity index (χ0n) is 27.5. The quantitative estimate of drug-likeness (QED) is 0.192. The van der Waals surface area contributed by atoms with E-state index >= 15 is 0 Å². The Bertz CT molecular complexity index is 2610. The van der Waals surface area contributed by atoms with E-state index in [1.807, 2.05) is 0 Å². The Hall–Kier alpha value is -5.74. The summed E-state index contributed by atoms with van der Waals surface area (Å²) in [6, 6.07) is 41.4. The molecule has 4 aliphatic rings. The van der Waals surface area contributed by atoms with E-state index in [0.29, 0.717) is 6.04 Å². The highest BCUT2D eigenvalue weighted by Gasteiger charge is 2.37. The Morgan fingerprint density at radius 3 is 2.33 bits per heavy atom. The van der Waals surface area contributed by atoms with Crippen LogP contribution < -0.4 is 5.32 Å². The van der Waals surface area contributed by atoms with Crippen LogP contribution in [0.4, 0.5) is 0 Å². The molecule has 2 aromatic heterocycles. The Labute approximate surface area is 285 Å². The van der Waals surface area contributed by atoms with Crippen molar-refractivity contribution in [2.75, 3.05) is 7.05 Å². The van der Waals surface area contributed by atoms with E-state index in [1.165, 1.54) is 89.0 Å². The van der Waals surface area contributed by atoms with Crippen molar-refractivity contribution in [1.29, 1.82) is 0 Å². The normalized spacial score (nSPS) is 19.1. The lowest BCUT2D eigenvalue weighted by molar-refractivity contribution is 0.268. The summed E-state index contributed by atoms with van der Waals surface area (Å²) in [5.41, 5.74) is 15.4. The SMILES string of the molecule is CN1C(c2ccccc2)=C(n2c3c(c4cc5c(cc42)-c2ccccc2-c2cccc4c6ccccc6n-5c24)C=CCC3)NC2C=CCCC21. The molecule has 2 atom stereocenters. The molecule has 0 radical (unpaired) electrons. The van der Waals surface area contributed by atoms with Gasteiger partial charge in [0.25, 0.3) is 0 Å². The number of rotatable bonds is 2. The van der Waals surface area contributed by atoms with Crippen LogP contribution in [0.5, 0.6) is 0 Å². The average molecular weight is 633 g/mol. The summed E-state index contributed by atoms with van der Waals surface area (Å²) < 4.78 is 5.14. The smallest absolute Gasteiger partial charge is 0.136 e. The lowest BCUT2D eigenvalue weighted by Gasteiger charge is -2.45. The second kappa shape index (κ2) is 10.1. The number of para-hydroxylation sites is 2. The van der Waals surface area contributed by atoms with E-state index in [2.05, 4.69) is 160 Å². The van der Waals surface area contributed by atoms with Gasteiger partial charge in [-0.05, 0) is 55.0 Å². The maximum Gasteiger partial charge on any atom is 0.136 e. The highest BCUT2D eigenvalue weighted by Crippen LogP contribution is 2.49. The molecule has 236 valence electrons. The summed E-state index contributed by atoms with van der Waals surface area (Å²) in [6.07, 6.45) is 13.8. The van der Waals surface area contributed by atoms with Crippen molar-refractivity contribution in [2.24, 2.45) is 0 Å². The average Bonchev–Trinajstić information content (AvgIpc) is 3.63. The van der Waals surface area contributed by atoms with Gasteiger partial charge in [0.05, 0.1) is 40.0 Å². The van der Waals surface area contributed by atoms with Crippen LogP contribution in [-0.2, 0) is 6.42 Å². The molecule has 0 saturated heterocycles. The van der Waals surface area contributed by atoms with Gasteiger partial charge in [-0.2, -0.15) is 0 Å². The van der Waals surface area contributed by atoms with Crippen LogP contribution in [-0.4, -0.2) is 33.2 Å². The predicted octanol–water partition coefficient (Wildman–Crippen LogP) is 10.3. The molecule has 0 spiro atoms. The molecule has 0 amide bonds. The van der Waals surface area contributed by atoms with Gasteiger partial charge >= 0.3 is 0 Å². The first-order valence-electron chi connectivity index (χ1n) is 17.7. The van der Waals surface area contributed by atoms with Gasteiger partial charge in [-0.25, -0.2) is 0 Å². The fourth-order valence-corrected chi connectivity index (χ4v) is 9.41. The topological polar surface area (TPSA) is 25.1 Å². The molecule has 0 bridgehead atoms. The lowest BCUT2D eigenvalue weighted by Crippen LogP contribution is -2.53. The van der Waals surface area contributed by atoms with E-state index in [9.17, 15) is 0 Å². The van der Waals surface area contributed by atoms with Gasteiger partial charge < -0.3 is 14.8 Å². The minimum Gasteiger partial charge on any atom is -0.366 e. The van der Waals surface area contributed by atoms with Gasteiger partial charge in [-0.15, -0.1) is 0 Å². The molecule has 7 aromatic rings. The van der Waals surface area contributed by atoms with Crippen molar-refractivity contribution in [3.63, 3.8) is 0 Å². The number of allylic oxidation sites excluding steroid dienone is 2. The Kier molecular flexibility index (Phi) is 5.63. The summed E-state index contributed by atoms with van der Waals surface area (Å²) in [4.78, 5) is 2.56. The predicted molar refractivity (Wildman–Crippen MR) is 204 cm³/mol. The van der Waals surface area contributed by atoms with E-state index < -0.39 is 0 Å². The third kappa shape index (κ3) is 3.69. The fourth-order valence-electron chi connectivity index (χ4n) is 9.41. The second-order valence-corrected chi connectivity index (χ2v) is 14.0. The second-order valence-electron chi connectivity index (χ2n) is 14.0. The standard InChI is InChI=1S/C45H36N4/c1-47-40-25-12-9-22-37(40)46-45(43(47)28-14-3-2-4-15-28)49-39-24-11-8-19-32(39)36-27-41-35(26-42(36)49)30-17-6-5-16-29(30)33-20-13-21-34-31-18-7-10-23-38(31)48(41)44(33)34/h2-10,13-23,26-27,37,40,46H,11-12,24-25H2,1H3. The molecular formula is C45H36N4. The summed E-state index contributed by atoms with van der Waals surface area (Å²) in [5, 5.41) is 8.03. The fraction of sp³-hybridized carbons (Fsp3) is 0.156. The van der Waals surface area contributed by atoms with Crippen LogP contribution in [0, 0.1) is 0 Å². The van der Waals surface area contributed by atoms with Crippen molar-refractivity contribution in [2.45, 2.75) is 37.8 Å². The van der Waals surface area contributed by atoms with Gasteiger partial charge in [0.2, 0.25) is 0 Å². The van der Waals surface area contributed by atoms with Gasteiger partial charge in [0.1, 0.15) is 5.82 Å². The van der Waals surface area contributed by atoms with Gasteiger partial charge in [0.15, 0.2) is 0 Å². The monoisotopic (exact) mass is 632 g/mol. The van der Waals surface area contributed by atoms with Crippen molar-refractivity contribution >= 4 is 50.3 Å². The molecule has 2 aliphatic heterocycles. The number of nitrogens with zero attached hydrogens (tertiary/aromatic N) is 3. The molecule has 49 heavy (non-hydrogen) atoms. The van der Waals surface area contributed by atoms with Crippen LogP contribution in [0.1, 0.15) is 36.1 Å². The van der Waals surface area contributed by atoms with Crippen LogP contribution in [0.2, 0.25) is 0 Å². The summed E-state index contributed by atoms with van der Waals surface area (Å²) in [7, 11) is 2.31. The molecular weight excluding hydrogens is 597 g/mol. The zero-order chi connectivity index (χ0) is 32.2. The molecule has 2 unspecified atom stereocenters. The van der Waals surface area contributed by atoms with E-state index in [-0.39, 0.29) is 6.04 Å². The largest absolute Gasteiger partial charge is 0.366 e. The first-order chi connectivity index (χ1) is 24.3. The zero-order valence-corrected chi connectivity index (χ0v) is 27.5. The van der Waals surface area contributed by atoms with Crippen LogP contribution in [0.15, 0.2) is 127 Å². The number of hydrogen-bond donors (Lipinski definition) is 1. The van der Waals surface area contributed by atoms with Crippen molar-refractivity contribution in [1.82, 2.24) is 19.4 Å². The van der Waals surface area contributed by atoms with Crippen LogP contribution in [0.3, 0.4) is 0 Å². The Morgan fingerprint density at radius 1 is 0.653 bits per heavy atom. The molecule has 0 fully saturated rings. The lowest BCUT2D eigenvalue weighted by atomic mass is 9.91. The highest BCUT2D eigenvalue weighted by molar-refractivity contribution is 6.17. The van der Waals surface area contributed by atoms with E-state index in [0.717, 1.165) is 25.7 Å². The maximum atomic E-state index is 4.13. The molecule has 4 heterocycles. The first kappa shape index (κ1) is 27.2. The van der Waals surface area contributed by atoms with Gasteiger partial charge in [-0.3, -0.25) is 4.57 Å². The number of hydrogen-bond acceptors (Lipinski definition) is 2. The van der Waals surface area contributed by atoms with Gasteiger partial charge in [0, 0.05) is 51.2 Å².